The normalized spacial score (nSPS) is 11.4. The SMILES string of the molecule is COc1c(Oc2ccc3c4ccccc4n(-c4ccccn4)c3c2)cc(-c2ncncn2)cc1Oc1ccc2c3ccccc3n(-c3ccccn3)c2c1. The van der Waals surface area contributed by atoms with E-state index in [-0.39, 0.29) is 0 Å². The van der Waals surface area contributed by atoms with E-state index in [1.165, 1.54) is 12.7 Å². The molecule has 258 valence electrons. The Kier molecular flexibility index (Phi) is 7.43. The number of rotatable bonds is 8. The Morgan fingerprint density at radius 2 is 0.944 bits per heavy atom. The van der Waals surface area contributed by atoms with Crippen LogP contribution in [0.15, 0.2) is 159 Å². The van der Waals surface area contributed by atoms with Crippen LogP contribution in [0.5, 0.6) is 28.7 Å². The molecule has 0 unspecified atom stereocenters. The molecule has 10 heteroatoms. The molecule has 10 aromatic rings. The molecule has 0 aliphatic rings. The summed E-state index contributed by atoms with van der Waals surface area (Å²) in [5, 5.41) is 4.40. The Bertz CT molecular complexity index is 2800. The van der Waals surface area contributed by atoms with Crippen LogP contribution in [-0.4, -0.2) is 41.2 Å². The third-order valence-corrected chi connectivity index (χ3v) is 9.48. The maximum Gasteiger partial charge on any atom is 0.204 e. The third-order valence-electron chi connectivity index (χ3n) is 9.48. The topological polar surface area (TPSA) is 102 Å². The highest BCUT2D eigenvalue weighted by molar-refractivity contribution is 6.10. The molecule has 0 saturated carbocycles. The van der Waals surface area contributed by atoms with Crippen molar-refractivity contribution in [3.8, 4) is 51.8 Å². The van der Waals surface area contributed by atoms with E-state index >= 15 is 0 Å². The van der Waals surface area contributed by atoms with Crippen molar-refractivity contribution in [1.29, 1.82) is 0 Å². The molecule has 0 spiro atoms. The van der Waals surface area contributed by atoms with Gasteiger partial charge < -0.3 is 14.2 Å². The van der Waals surface area contributed by atoms with Crippen LogP contribution in [0.1, 0.15) is 0 Å². The molecule has 0 saturated heterocycles. The maximum absolute atomic E-state index is 6.70. The summed E-state index contributed by atoms with van der Waals surface area (Å²) >= 11 is 0. The van der Waals surface area contributed by atoms with E-state index in [0.717, 1.165) is 55.2 Å². The van der Waals surface area contributed by atoms with Crippen LogP contribution in [0.25, 0.3) is 66.6 Å². The molecule has 0 bridgehead atoms. The van der Waals surface area contributed by atoms with E-state index < -0.39 is 0 Å². The van der Waals surface area contributed by atoms with E-state index in [9.17, 15) is 0 Å². The molecule has 5 heterocycles. The number of para-hydroxylation sites is 2. The van der Waals surface area contributed by atoms with Crippen LogP contribution in [0.2, 0.25) is 0 Å². The van der Waals surface area contributed by atoms with Crippen LogP contribution in [-0.2, 0) is 0 Å². The summed E-state index contributed by atoms with van der Waals surface area (Å²) in [5.41, 5.74) is 4.66. The number of pyridine rings is 2. The summed E-state index contributed by atoms with van der Waals surface area (Å²) < 4.78 is 23.7. The Balaban J connectivity index is 1.11. The highest BCUT2D eigenvalue weighted by Gasteiger charge is 2.21. The number of fused-ring (bicyclic) bond motifs is 6. The van der Waals surface area contributed by atoms with Gasteiger partial charge in [0.05, 0.1) is 29.2 Å². The second-order valence-electron chi connectivity index (χ2n) is 12.6. The zero-order chi connectivity index (χ0) is 36.0. The fourth-order valence-corrected chi connectivity index (χ4v) is 7.19. The lowest BCUT2D eigenvalue weighted by Gasteiger charge is -2.17. The van der Waals surface area contributed by atoms with Gasteiger partial charge in [0.25, 0.3) is 0 Å². The van der Waals surface area contributed by atoms with Gasteiger partial charge in [-0.1, -0.05) is 48.5 Å². The van der Waals surface area contributed by atoms with Gasteiger partial charge in [-0.3, -0.25) is 9.13 Å². The quantitative estimate of drug-likeness (QED) is 0.154. The third kappa shape index (κ3) is 5.24. The van der Waals surface area contributed by atoms with Gasteiger partial charge >= 0.3 is 0 Å². The van der Waals surface area contributed by atoms with Crippen molar-refractivity contribution in [2.24, 2.45) is 0 Å². The first-order chi connectivity index (χ1) is 26.7. The number of methoxy groups -OCH3 is 1. The molecule has 0 amide bonds. The predicted octanol–water partition coefficient (Wildman–Crippen LogP) is 10.1. The Hall–Kier alpha value is -7.59. The van der Waals surface area contributed by atoms with Crippen molar-refractivity contribution >= 4 is 43.6 Å². The van der Waals surface area contributed by atoms with Gasteiger partial charge in [0, 0.05) is 51.6 Å². The fraction of sp³-hybridized carbons (Fsp3) is 0.0227. The lowest BCUT2D eigenvalue weighted by atomic mass is 10.1. The summed E-state index contributed by atoms with van der Waals surface area (Å²) in [6.45, 7) is 0. The Labute approximate surface area is 308 Å². The minimum Gasteiger partial charge on any atom is -0.490 e. The average Bonchev–Trinajstić information content (AvgIpc) is 3.74. The molecule has 0 fully saturated rings. The van der Waals surface area contributed by atoms with Gasteiger partial charge in [0.2, 0.25) is 5.75 Å². The van der Waals surface area contributed by atoms with Gasteiger partial charge in [-0.25, -0.2) is 24.9 Å². The molecule has 0 N–H and O–H groups in total. The van der Waals surface area contributed by atoms with Crippen molar-refractivity contribution in [2.45, 2.75) is 0 Å². The maximum atomic E-state index is 6.70. The number of benzene rings is 5. The Morgan fingerprint density at radius 1 is 0.463 bits per heavy atom. The van der Waals surface area contributed by atoms with Crippen molar-refractivity contribution in [1.82, 2.24) is 34.1 Å². The number of nitrogens with zero attached hydrogens (tertiary/aromatic N) is 7. The molecule has 54 heavy (non-hydrogen) atoms. The van der Waals surface area contributed by atoms with Crippen LogP contribution in [0.4, 0.5) is 0 Å². The summed E-state index contributed by atoms with van der Waals surface area (Å²) in [5.74, 6) is 4.53. The summed E-state index contributed by atoms with van der Waals surface area (Å²) in [7, 11) is 1.60. The molecular weight excluding hydrogens is 675 g/mol. The molecule has 0 aliphatic heterocycles. The summed E-state index contributed by atoms with van der Waals surface area (Å²) in [4.78, 5) is 22.2. The number of aromatic nitrogens is 7. The van der Waals surface area contributed by atoms with Gasteiger partial charge in [-0.05, 0) is 72.8 Å². The molecule has 0 aliphatic carbocycles. The lowest BCUT2D eigenvalue weighted by molar-refractivity contribution is 0.353. The fourth-order valence-electron chi connectivity index (χ4n) is 7.19. The van der Waals surface area contributed by atoms with Crippen molar-refractivity contribution in [2.75, 3.05) is 7.11 Å². The first-order valence-corrected chi connectivity index (χ1v) is 17.3. The van der Waals surface area contributed by atoms with Gasteiger partial charge in [-0.2, -0.15) is 0 Å². The standard InChI is InChI=1S/C44H29N7O3/c1-52-43-39(53-29-16-18-33-31-10-2-4-12-35(31)50(37(33)24-29)41-14-6-8-20-46-41)22-28(44-48-26-45-27-49-44)23-40(43)54-30-17-19-34-32-11-3-5-13-36(32)51(38(34)25-30)42-15-7-9-21-47-42/h2-27H,1H3. The Morgan fingerprint density at radius 3 is 1.43 bits per heavy atom. The monoisotopic (exact) mass is 703 g/mol. The van der Waals surface area contributed by atoms with E-state index in [0.29, 0.717) is 40.1 Å². The molecule has 10 nitrogen and oxygen atoms in total. The highest BCUT2D eigenvalue weighted by atomic mass is 16.5. The first-order valence-electron chi connectivity index (χ1n) is 17.3. The van der Waals surface area contributed by atoms with Crippen molar-refractivity contribution in [3.05, 3.63) is 159 Å². The minimum atomic E-state index is 0.406. The first kappa shape index (κ1) is 31.2. The van der Waals surface area contributed by atoms with Gasteiger partial charge in [0.15, 0.2) is 17.3 Å². The highest BCUT2D eigenvalue weighted by Crippen LogP contribution is 2.46. The van der Waals surface area contributed by atoms with Crippen LogP contribution >= 0.6 is 0 Å². The average molecular weight is 704 g/mol. The van der Waals surface area contributed by atoms with E-state index in [1.54, 1.807) is 19.5 Å². The second-order valence-corrected chi connectivity index (χ2v) is 12.6. The number of hydrogen-bond acceptors (Lipinski definition) is 8. The zero-order valence-corrected chi connectivity index (χ0v) is 28.9. The van der Waals surface area contributed by atoms with Crippen LogP contribution < -0.4 is 14.2 Å². The van der Waals surface area contributed by atoms with E-state index in [2.05, 4.69) is 70.5 Å². The summed E-state index contributed by atoms with van der Waals surface area (Å²) in [6.07, 6.45) is 6.52. The van der Waals surface area contributed by atoms with Crippen LogP contribution in [0, 0.1) is 0 Å². The molecule has 5 aromatic heterocycles. The summed E-state index contributed by atoms with van der Waals surface area (Å²) in [6, 6.07) is 44.2. The molecule has 0 radical (unpaired) electrons. The van der Waals surface area contributed by atoms with Gasteiger partial charge in [0.1, 0.15) is 35.8 Å². The number of ether oxygens (including phenoxy) is 3. The molecule has 10 rings (SSSR count). The van der Waals surface area contributed by atoms with Crippen molar-refractivity contribution < 1.29 is 14.2 Å². The van der Waals surface area contributed by atoms with E-state index in [4.69, 9.17) is 14.2 Å². The van der Waals surface area contributed by atoms with Crippen LogP contribution in [0.3, 0.4) is 0 Å². The molecular formula is C44H29N7O3. The predicted molar refractivity (Wildman–Crippen MR) is 209 cm³/mol. The lowest BCUT2D eigenvalue weighted by Crippen LogP contribution is -1.99. The minimum absolute atomic E-state index is 0.406. The molecule has 5 aromatic carbocycles. The second kappa shape index (κ2) is 12.9. The molecule has 0 atom stereocenters. The number of hydrogen-bond donors (Lipinski definition) is 0. The zero-order valence-electron chi connectivity index (χ0n) is 28.9. The largest absolute Gasteiger partial charge is 0.490 e. The van der Waals surface area contributed by atoms with Crippen molar-refractivity contribution in [3.63, 3.8) is 0 Å². The van der Waals surface area contributed by atoms with Gasteiger partial charge in [-0.15, -0.1) is 0 Å². The smallest absolute Gasteiger partial charge is 0.204 e. The van der Waals surface area contributed by atoms with E-state index in [1.807, 2.05) is 97.1 Å².